The lowest BCUT2D eigenvalue weighted by Crippen LogP contribution is -2.24. The molecule has 2 aromatic rings. The van der Waals surface area contributed by atoms with Crippen LogP contribution in [-0.4, -0.2) is 28.7 Å². The largest absolute Gasteiger partial charge is 0.454 e. The zero-order valence-electron chi connectivity index (χ0n) is 11.4. The Morgan fingerprint density at radius 2 is 2.29 bits per heavy atom. The minimum Gasteiger partial charge on any atom is -0.454 e. The summed E-state index contributed by atoms with van der Waals surface area (Å²) in [5.74, 6) is 1.15. The van der Waals surface area contributed by atoms with Gasteiger partial charge in [-0.2, -0.15) is 10.2 Å². The molecule has 0 fully saturated rings. The van der Waals surface area contributed by atoms with Crippen LogP contribution < -0.4 is 14.9 Å². The van der Waals surface area contributed by atoms with E-state index in [1.807, 2.05) is 19.1 Å². The Bertz CT molecular complexity index is 693. The monoisotopic (exact) mass is 286 g/mol. The number of aromatic nitrogens is 2. The van der Waals surface area contributed by atoms with Crippen molar-refractivity contribution in [2.75, 3.05) is 6.79 Å². The van der Waals surface area contributed by atoms with Gasteiger partial charge >= 0.3 is 0 Å². The van der Waals surface area contributed by atoms with Crippen LogP contribution in [-0.2, 0) is 11.3 Å². The van der Waals surface area contributed by atoms with Gasteiger partial charge in [0.05, 0.1) is 6.21 Å². The molecular formula is C14H14N4O3. The molecule has 21 heavy (non-hydrogen) atoms. The molecule has 0 aliphatic carbocycles. The SMILES string of the molecule is Cc1ccnn1CC(=O)N/N=C/c1ccc2c(c1)OCO2. The third-order valence-corrected chi connectivity index (χ3v) is 3.02. The highest BCUT2D eigenvalue weighted by Crippen LogP contribution is 2.31. The number of hydrazone groups is 1. The number of hydrogen-bond acceptors (Lipinski definition) is 5. The average Bonchev–Trinajstić information content (AvgIpc) is 3.08. The van der Waals surface area contributed by atoms with Crippen LogP contribution >= 0.6 is 0 Å². The molecule has 1 N–H and O–H groups in total. The summed E-state index contributed by atoms with van der Waals surface area (Å²) >= 11 is 0. The van der Waals surface area contributed by atoms with Gasteiger partial charge in [0.1, 0.15) is 6.54 Å². The van der Waals surface area contributed by atoms with Crippen LogP contribution in [0.2, 0.25) is 0 Å². The number of nitrogens with zero attached hydrogens (tertiary/aromatic N) is 3. The van der Waals surface area contributed by atoms with Crippen LogP contribution in [0.15, 0.2) is 35.6 Å². The van der Waals surface area contributed by atoms with Gasteiger partial charge < -0.3 is 9.47 Å². The van der Waals surface area contributed by atoms with E-state index in [0.717, 1.165) is 11.3 Å². The summed E-state index contributed by atoms with van der Waals surface area (Å²) in [6, 6.07) is 7.28. The Kier molecular flexibility index (Phi) is 3.55. The summed E-state index contributed by atoms with van der Waals surface area (Å²) in [5, 5.41) is 7.95. The standard InChI is InChI=1S/C14H14N4O3/c1-10-4-5-16-18(10)8-14(19)17-15-7-11-2-3-12-13(6-11)21-9-20-12/h2-7H,8-9H2,1H3,(H,17,19)/b15-7+. The minimum atomic E-state index is -0.237. The van der Waals surface area contributed by atoms with Gasteiger partial charge in [-0.25, -0.2) is 5.43 Å². The highest BCUT2D eigenvalue weighted by Gasteiger charge is 2.12. The first kappa shape index (κ1) is 13.2. The van der Waals surface area contributed by atoms with Gasteiger partial charge in [-0.15, -0.1) is 0 Å². The molecule has 1 aliphatic heterocycles. The van der Waals surface area contributed by atoms with Crippen LogP contribution in [0, 0.1) is 6.92 Å². The molecule has 0 bridgehead atoms. The first-order valence-corrected chi connectivity index (χ1v) is 6.42. The molecule has 7 nitrogen and oxygen atoms in total. The van der Waals surface area contributed by atoms with Gasteiger partial charge in [0.2, 0.25) is 6.79 Å². The Hall–Kier alpha value is -2.83. The number of amides is 1. The fourth-order valence-corrected chi connectivity index (χ4v) is 1.91. The van der Waals surface area contributed by atoms with E-state index < -0.39 is 0 Å². The first-order chi connectivity index (χ1) is 10.2. The number of ether oxygens (including phenoxy) is 2. The van der Waals surface area contributed by atoms with E-state index >= 15 is 0 Å². The molecule has 0 radical (unpaired) electrons. The van der Waals surface area contributed by atoms with E-state index in [4.69, 9.17) is 9.47 Å². The van der Waals surface area contributed by atoms with Crippen LogP contribution in [0.25, 0.3) is 0 Å². The predicted octanol–water partition coefficient (Wildman–Crippen LogP) is 1.07. The smallest absolute Gasteiger partial charge is 0.261 e. The number of aryl methyl sites for hydroxylation is 1. The molecule has 108 valence electrons. The van der Waals surface area contributed by atoms with E-state index in [1.54, 1.807) is 29.2 Å². The van der Waals surface area contributed by atoms with Crippen molar-refractivity contribution >= 4 is 12.1 Å². The number of carbonyl (C=O) groups is 1. The average molecular weight is 286 g/mol. The second kappa shape index (κ2) is 5.66. The number of rotatable bonds is 4. The molecule has 1 aromatic heterocycles. The van der Waals surface area contributed by atoms with Crippen molar-refractivity contribution in [1.82, 2.24) is 15.2 Å². The molecule has 0 spiro atoms. The van der Waals surface area contributed by atoms with Gasteiger partial charge in [-0.05, 0) is 36.8 Å². The zero-order chi connectivity index (χ0) is 14.7. The quantitative estimate of drug-likeness (QED) is 0.673. The maximum atomic E-state index is 11.7. The van der Waals surface area contributed by atoms with Crippen molar-refractivity contribution in [3.8, 4) is 11.5 Å². The third kappa shape index (κ3) is 3.02. The van der Waals surface area contributed by atoms with Gasteiger partial charge in [-0.1, -0.05) is 0 Å². The van der Waals surface area contributed by atoms with Crippen molar-refractivity contribution in [2.45, 2.75) is 13.5 Å². The molecule has 1 aromatic carbocycles. The summed E-state index contributed by atoms with van der Waals surface area (Å²) in [7, 11) is 0. The maximum Gasteiger partial charge on any atom is 0.261 e. The molecule has 3 rings (SSSR count). The Morgan fingerprint density at radius 1 is 1.43 bits per heavy atom. The number of nitrogens with one attached hydrogen (secondary N) is 1. The Labute approximate surface area is 121 Å². The zero-order valence-corrected chi connectivity index (χ0v) is 11.4. The maximum absolute atomic E-state index is 11.7. The van der Waals surface area contributed by atoms with E-state index in [1.165, 1.54) is 0 Å². The first-order valence-electron chi connectivity index (χ1n) is 6.42. The normalized spacial score (nSPS) is 12.8. The summed E-state index contributed by atoms with van der Waals surface area (Å²) in [6.07, 6.45) is 3.20. The molecule has 1 amide bonds. The highest BCUT2D eigenvalue weighted by molar-refractivity contribution is 5.83. The third-order valence-electron chi connectivity index (χ3n) is 3.02. The van der Waals surface area contributed by atoms with Crippen LogP contribution in [0.1, 0.15) is 11.3 Å². The molecule has 0 saturated heterocycles. The number of carbonyl (C=O) groups excluding carboxylic acids is 1. The predicted molar refractivity (Wildman–Crippen MR) is 75.3 cm³/mol. The van der Waals surface area contributed by atoms with E-state index in [-0.39, 0.29) is 19.2 Å². The van der Waals surface area contributed by atoms with E-state index in [9.17, 15) is 4.79 Å². The fraction of sp³-hybridized carbons (Fsp3) is 0.214. The topological polar surface area (TPSA) is 77.7 Å². The van der Waals surface area contributed by atoms with Crippen molar-refractivity contribution in [2.24, 2.45) is 5.10 Å². The molecule has 2 heterocycles. The summed E-state index contributed by atoms with van der Waals surface area (Å²) in [4.78, 5) is 11.7. The van der Waals surface area contributed by atoms with Crippen LogP contribution in [0.4, 0.5) is 0 Å². The Morgan fingerprint density at radius 3 is 3.10 bits per heavy atom. The second-order valence-electron chi connectivity index (χ2n) is 4.54. The number of benzene rings is 1. The molecule has 1 aliphatic rings. The summed E-state index contributed by atoms with van der Waals surface area (Å²) in [5.41, 5.74) is 4.20. The fourth-order valence-electron chi connectivity index (χ4n) is 1.91. The number of hydrogen-bond donors (Lipinski definition) is 1. The molecular weight excluding hydrogens is 272 g/mol. The lowest BCUT2D eigenvalue weighted by Gasteiger charge is -2.02. The molecule has 7 heteroatoms. The van der Waals surface area contributed by atoms with Crippen LogP contribution in [0.5, 0.6) is 11.5 Å². The highest BCUT2D eigenvalue weighted by atomic mass is 16.7. The van der Waals surface area contributed by atoms with Crippen molar-refractivity contribution in [3.05, 3.63) is 41.7 Å². The molecule has 0 saturated carbocycles. The van der Waals surface area contributed by atoms with Gasteiger partial charge in [0.15, 0.2) is 11.5 Å². The van der Waals surface area contributed by atoms with Crippen LogP contribution in [0.3, 0.4) is 0 Å². The minimum absolute atomic E-state index is 0.136. The number of fused-ring (bicyclic) bond motifs is 1. The summed E-state index contributed by atoms with van der Waals surface area (Å²) in [6.45, 7) is 2.25. The van der Waals surface area contributed by atoms with Crippen molar-refractivity contribution < 1.29 is 14.3 Å². The van der Waals surface area contributed by atoms with Gasteiger partial charge in [0, 0.05) is 11.9 Å². The van der Waals surface area contributed by atoms with E-state index in [2.05, 4.69) is 15.6 Å². The van der Waals surface area contributed by atoms with Gasteiger partial charge in [-0.3, -0.25) is 9.48 Å². The van der Waals surface area contributed by atoms with E-state index in [0.29, 0.717) is 11.5 Å². The van der Waals surface area contributed by atoms with Gasteiger partial charge in [0.25, 0.3) is 5.91 Å². The van der Waals surface area contributed by atoms with Crippen molar-refractivity contribution in [1.29, 1.82) is 0 Å². The van der Waals surface area contributed by atoms with Crippen molar-refractivity contribution in [3.63, 3.8) is 0 Å². The second-order valence-corrected chi connectivity index (χ2v) is 4.54. The lowest BCUT2D eigenvalue weighted by molar-refractivity contribution is -0.121. The summed E-state index contributed by atoms with van der Waals surface area (Å²) < 4.78 is 12.1. The lowest BCUT2D eigenvalue weighted by atomic mass is 10.2. The Balaban J connectivity index is 1.57. The molecule has 0 atom stereocenters. The molecule has 0 unspecified atom stereocenters.